The normalized spacial score (nSPS) is 21.9. The molecule has 21 heavy (non-hydrogen) atoms. The van der Waals surface area contributed by atoms with Crippen molar-refractivity contribution in [2.75, 3.05) is 0 Å². The van der Waals surface area contributed by atoms with Gasteiger partial charge in [-0.15, -0.1) is 0 Å². The van der Waals surface area contributed by atoms with Gasteiger partial charge in [0.25, 0.3) is 5.79 Å². The van der Waals surface area contributed by atoms with E-state index < -0.39 is 17.7 Å². The van der Waals surface area contributed by atoms with Crippen LogP contribution < -0.4 is 0 Å². The smallest absolute Gasteiger partial charge is 0.320 e. The average Bonchev–Trinajstić information content (AvgIpc) is 2.47. The van der Waals surface area contributed by atoms with Crippen LogP contribution in [0, 0.1) is 0 Å². The Bertz CT molecular complexity index is 499. The van der Waals surface area contributed by atoms with Crippen LogP contribution in [0.5, 0.6) is 0 Å². The first-order valence-electron chi connectivity index (χ1n) is 7.24. The minimum Gasteiger partial charge on any atom is -0.422 e. The van der Waals surface area contributed by atoms with E-state index >= 15 is 0 Å². The molecular formula is C16H18O5. The Morgan fingerprint density at radius 3 is 2.29 bits per heavy atom. The van der Waals surface area contributed by atoms with Crippen LogP contribution in [0.4, 0.5) is 0 Å². The largest absolute Gasteiger partial charge is 0.422 e. The Morgan fingerprint density at radius 2 is 1.67 bits per heavy atom. The molecule has 112 valence electrons. The number of esters is 2. The van der Waals surface area contributed by atoms with Gasteiger partial charge in [0, 0.05) is 12.8 Å². The zero-order chi connectivity index (χ0) is 14.7. The van der Waals surface area contributed by atoms with Crippen molar-refractivity contribution in [3.63, 3.8) is 0 Å². The van der Waals surface area contributed by atoms with Gasteiger partial charge in [-0.1, -0.05) is 30.3 Å². The highest BCUT2D eigenvalue weighted by molar-refractivity contribution is 5.93. The molecule has 0 atom stereocenters. The van der Waals surface area contributed by atoms with E-state index in [1.807, 2.05) is 30.3 Å². The molecule has 5 nitrogen and oxygen atoms in total. The Kier molecular flexibility index (Phi) is 3.92. The molecule has 0 bridgehead atoms. The standard InChI is InChI=1S/C16H18O5/c17-14-10-15(18)21-16(20-14)8-6-13(7-9-16)19-11-12-4-2-1-3-5-12/h1-5,13H,6-11H2. The van der Waals surface area contributed by atoms with Crippen LogP contribution in [-0.4, -0.2) is 23.8 Å². The van der Waals surface area contributed by atoms with Gasteiger partial charge in [-0.05, 0) is 18.4 Å². The molecule has 1 aromatic rings. The monoisotopic (exact) mass is 290 g/mol. The Labute approximate surface area is 123 Å². The van der Waals surface area contributed by atoms with Crippen LogP contribution in [-0.2, 0) is 30.4 Å². The van der Waals surface area contributed by atoms with E-state index in [1.165, 1.54) is 0 Å². The maximum absolute atomic E-state index is 11.4. The van der Waals surface area contributed by atoms with E-state index in [2.05, 4.69) is 0 Å². The number of carbonyl (C=O) groups is 2. The lowest BCUT2D eigenvalue weighted by atomic mass is 9.91. The van der Waals surface area contributed by atoms with Crippen LogP contribution in [0.2, 0.25) is 0 Å². The zero-order valence-electron chi connectivity index (χ0n) is 11.7. The van der Waals surface area contributed by atoms with Crippen molar-refractivity contribution in [3.8, 4) is 0 Å². The van der Waals surface area contributed by atoms with Crippen LogP contribution in [0.15, 0.2) is 30.3 Å². The molecular weight excluding hydrogens is 272 g/mol. The first kappa shape index (κ1) is 14.1. The van der Waals surface area contributed by atoms with Crippen molar-refractivity contribution in [1.29, 1.82) is 0 Å². The van der Waals surface area contributed by atoms with Gasteiger partial charge in [-0.3, -0.25) is 9.59 Å². The molecule has 1 aromatic carbocycles. The van der Waals surface area contributed by atoms with Gasteiger partial charge in [0.1, 0.15) is 6.42 Å². The van der Waals surface area contributed by atoms with Crippen molar-refractivity contribution in [2.24, 2.45) is 0 Å². The maximum Gasteiger partial charge on any atom is 0.320 e. The summed E-state index contributed by atoms with van der Waals surface area (Å²) in [4.78, 5) is 22.8. The van der Waals surface area contributed by atoms with Crippen LogP contribution >= 0.6 is 0 Å². The highest BCUT2D eigenvalue weighted by atomic mass is 16.7. The Hall–Kier alpha value is -1.88. The lowest BCUT2D eigenvalue weighted by Gasteiger charge is -2.40. The van der Waals surface area contributed by atoms with Gasteiger partial charge >= 0.3 is 11.9 Å². The molecule has 1 aliphatic heterocycles. The number of rotatable bonds is 3. The van der Waals surface area contributed by atoms with Crippen molar-refractivity contribution in [3.05, 3.63) is 35.9 Å². The third-order valence-corrected chi connectivity index (χ3v) is 3.91. The van der Waals surface area contributed by atoms with E-state index in [9.17, 15) is 9.59 Å². The van der Waals surface area contributed by atoms with Crippen LogP contribution in [0.1, 0.15) is 37.7 Å². The van der Waals surface area contributed by atoms with Gasteiger partial charge in [-0.25, -0.2) is 0 Å². The highest BCUT2D eigenvalue weighted by Crippen LogP contribution is 2.37. The third kappa shape index (κ3) is 3.42. The van der Waals surface area contributed by atoms with Gasteiger partial charge in [0.2, 0.25) is 0 Å². The second-order valence-corrected chi connectivity index (χ2v) is 5.53. The highest BCUT2D eigenvalue weighted by Gasteiger charge is 2.46. The molecule has 0 N–H and O–H groups in total. The topological polar surface area (TPSA) is 61.8 Å². The first-order valence-corrected chi connectivity index (χ1v) is 7.24. The molecule has 5 heteroatoms. The molecule has 1 saturated heterocycles. The van der Waals surface area contributed by atoms with Gasteiger partial charge in [0.05, 0.1) is 12.7 Å². The summed E-state index contributed by atoms with van der Waals surface area (Å²) in [6.07, 6.45) is 2.26. The fourth-order valence-corrected chi connectivity index (χ4v) is 2.82. The molecule has 0 unspecified atom stereocenters. The predicted octanol–water partition coefficient (Wildman–Crippen LogP) is 2.33. The molecule has 2 fully saturated rings. The summed E-state index contributed by atoms with van der Waals surface area (Å²) >= 11 is 0. The second-order valence-electron chi connectivity index (χ2n) is 5.53. The maximum atomic E-state index is 11.4. The summed E-state index contributed by atoms with van der Waals surface area (Å²) in [6.45, 7) is 0.568. The lowest BCUT2D eigenvalue weighted by Crippen LogP contribution is -2.48. The summed E-state index contributed by atoms with van der Waals surface area (Å²) in [5.41, 5.74) is 1.13. The first-order chi connectivity index (χ1) is 10.2. The van der Waals surface area contributed by atoms with Gasteiger partial charge in [-0.2, -0.15) is 0 Å². The van der Waals surface area contributed by atoms with Crippen molar-refractivity contribution in [1.82, 2.24) is 0 Å². The minimum atomic E-state index is -1.04. The Morgan fingerprint density at radius 1 is 1.05 bits per heavy atom. The third-order valence-electron chi connectivity index (χ3n) is 3.91. The summed E-state index contributed by atoms with van der Waals surface area (Å²) in [7, 11) is 0. The number of hydrogen-bond donors (Lipinski definition) is 0. The molecule has 1 aliphatic carbocycles. The number of carbonyl (C=O) groups excluding carboxylic acids is 2. The van der Waals surface area contributed by atoms with Crippen molar-refractivity contribution >= 4 is 11.9 Å². The van der Waals surface area contributed by atoms with Gasteiger partial charge < -0.3 is 14.2 Å². The average molecular weight is 290 g/mol. The van der Waals surface area contributed by atoms with E-state index in [0.29, 0.717) is 32.3 Å². The van der Waals surface area contributed by atoms with Crippen LogP contribution in [0.25, 0.3) is 0 Å². The molecule has 3 rings (SSSR count). The molecule has 0 amide bonds. The number of hydrogen-bond acceptors (Lipinski definition) is 5. The van der Waals surface area contributed by atoms with Gasteiger partial charge in [0.15, 0.2) is 0 Å². The SMILES string of the molecule is O=C1CC(=O)OC2(CCC(OCc3ccccc3)CC2)O1. The van der Waals surface area contributed by atoms with Crippen LogP contribution in [0.3, 0.4) is 0 Å². The summed E-state index contributed by atoms with van der Waals surface area (Å²) < 4.78 is 16.4. The molecule has 1 spiro atoms. The summed E-state index contributed by atoms with van der Waals surface area (Å²) in [5.74, 6) is -2.02. The van der Waals surface area contributed by atoms with E-state index in [-0.39, 0.29) is 12.5 Å². The molecule has 2 aliphatic rings. The van der Waals surface area contributed by atoms with E-state index in [4.69, 9.17) is 14.2 Å². The van der Waals surface area contributed by atoms with Crippen molar-refractivity contribution < 1.29 is 23.8 Å². The van der Waals surface area contributed by atoms with Crippen molar-refractivity contribution in [2.45, 2.75) is 50.6 Å². The Balaban J connectivity index is 1.51. The fraction of sp³-hybridized carbons (Fsp3) is 0.500. The number of ether oxygens (including phenoxy) is 3. The minimum absolute atomic E-state index is 0.107. The van der Waals surface area contributed by atoms with E-state index in [1.54, 1.807) is 0 Å². The predicted molar refractivity (Wildman–Crippen MR) is 73.0 cm³/mol. The van der Waals surface area contributed by atoms with E-state index in [0.717, 1.165) is 5.56 Å². The quantitative estimate of drug-likeness (QED) is 0.631. The molecule has 0 aromatic heterocycles. The summed E-state index contributed by atoms with van der Waals surface area (Å²) in [5, 5.41) is 0. The molecule has 0 radical (unpaired) electrons. The number of benzene rings is 1. The fourth-order valence-electron chi connectivity index (χ4n) is 2.82. The zero-order valence-corrected chi connectivity index (χ0v) is 11.7. The second kappa shape index (κ2) is 5.85. The lowest BCUT2D eigenvalue weighted by molar-refractivity contribution is -0.258. The molecule has 1 heterocycles. The summed E-state index contributed by atoms with van der Waals surface area (Å²) in [6, 6.07) is 9.98. The molecule has 1 saturated carbocycles.